The number of para-hydroxylation sites is 3. The molecule has 7 aromatic carbocycles. The molecule has 51 heavy (non-hydrogen) atoms. The highest BCUT2D eigenvalue weighted by molar-refractivity contribution is 6.12. The first-order valence-corrected chi connectivity index (χ1v) is 18.1. The summed E-state index contributed by atoms with van der Waals surface area (Å²) in [7, 11) is 0. The molecule has 0 saturated carbocycles. The quantitative estimate of drug-likeness (QED) is 0.188. The number of nitrogens with one attached hydrogen (secondary N) is 1. The third-order valence-corrected chi connectivity index (χ3v) is 11.4. The Morgan fingerprint density at radius 1 is 0.490 bits per heavy atom. The minimum Gasteiger partial charge on any atom is -0.355 e. The van der Waals surface area contributed by atoms with Crippen LogP contribution in [-0.4, -0.2) is 15.6 Å². The molecule has 242 valence electrons. The molecule has 3 heteroatoms. The molecule has 1 aliphatic heterocycles. The fourth-order valence-corrected chi connectivity index (χ4v) is 8.99. The van der Waals surface area contributed by atoms with Crippen molar-refractivity contribution in [3.8, 4) is 27.9 Å². The Labute approximate surface area is 296 Å². The molecule has 0 bridgehead atoms. The Morgan fingerprint density at radius 2 is 1.10 bits per heavy atom. The van der Waals surface area contributed by atoms with Gasteiger partial charge in [0.15, 0.2) is 0 Å². The van der Waals surface area contributed by atoms with Crippen molar-refractivity contribution < 1.29 is 0 Å². The largest absolute Gasteiger partial charge is 0.355 e. The summed E-state index contributed by atoms with van der Waals surface area (Å²) < 4.78 is 2.39. The number of H-pyrrole nitrogens is 1. The van der Waals surface area contributed by atoms with Gasteiger partial charge in [-0.1, -0.05) is 103 Å². The van der Waals surface area contributed by atoms with E-state index in [4.69, 9.17) is 0 Å². The molecule has 0 saturated heterocycles. The highest BCUT2D eigenvalue weighted by Crippen LogP contribution is 2.50. The molecular formula is C48H35N3. The van der Waals surface area contributed by atoms with E-state index in [2.05, 4.69) is 184 Å². The van der Waals surface area contributed by atoms with Crippen LogP contribution >= 0.6 is 0 Å². The van der Waals surface area contributed by atoms with E-state index >= 15 is 0 Å². The van der Waals surface area contributed by atoms with E-state index in [1.165, 1.54) is 83.9 Å². The second kappa shape index (κ2) is 11.1. The fraction of sp³-hybridized carbons (Fsp3) is 0.0833. The number of benzene rings is 7. The van der Waals surface area contributed by atoms with Crippen molar-refractivity contribution in [3.63, 3.8) is 0 Å². The summed E-state index contributed by atoms with van der Waals surface area (Å²) in [5.74, 6) is 0.436. The van der Waals surface area contributed by atoms with Gasteiger partial charge in [0.25, 0.3) is 0 Å². The van der Waals surface area contributed by atoms with E-state index in [9.17, 15) is 0 Å². The number of nitrogens with zero attached hydrogens (tertiary/aromatic N) is 2. The van der Waals surface area contributed by atoms with Gasteiger partial charge in [0.1, 0.15) is 0 Å². The Bertz CT molecular complexity index is 2820. The Kier molecular flexibility index (Phi) is 6.20. The minimum absolute atomic E-state index is 0.436. The van der Waals surface area contributed by atoms with Crippen LogP contribution in [0.5, 0.6) is 0 Å². The molecule has 9 aromatic rings. The molecule has 2 unspecified atom stereocenters. The highest BCUT2D eigenvalue weighted by Gasteiger charge is 2.38. The summed E-state index contributed by atoms with van der Waals surface area (Å²) in [5.41, 5.74) is 14.9. The second-order valence-electron chi connectivity index (χ2n) is 14.1. The van der Waals surface area contributed by atoms with Crippen molar-refractivity contribution in [2.45, 2.75) is 24.8 Å². The molecule has 0 spiro atoms. The average molecular weight is 654 g/mol. The maximum atomic E-state index is 3.70. The number of allylic oxidation sites excluding steroid dienone is 1. The van der Waals surface area contributed by atoms with Gasteiger partial charge in [-0.15, -0.1) is 0 Å². The first-order valence-electron chi connectivity index (χ1n) is 18.1. The molecule has 3 nitrogen and oxygen atoms in total. The van der Waals surface area contributed by atoms with Gasteiger partial charge in [-0.05, 0) is 107 Å². The zero-order valence-electron chi connectivity index (χ0n) is 28.1. The number of aromatic amines is 1. The molecule has 2 atom stereocenters. The summed E-state index contributed by atoms with van der Waals surface area (Å²) in [4.78, 5) is 6.29. The van der Waals surface area contributed by atoms with Gasteiger partial charge in [-0.25, -0.2) is 0 Å². The van der Waals surface area contributed by atoms with Crippen LogP contribution in [-0.2, 0) is 0 Å². The number of hydrogen-bond acceptors (Lipinski definition) is 1. The lowest BCUT2D eigenvalue weighted by Crippen LogP contribution is -2.30. The van der Waals surface area contributed by atoms with Crippen molar-refractivity contribution in [2.75, 3.05) is 4.90 Å². The Morgan fingerprint density at radius 3 is 1.86 bits per heavy atom. The molecule has 2 aliphatic rings. The lowest BCUT2D eigenvalue weighted by atomic mass is 9.87. The third kappa shape index (κ3) is 4.38. The summed E-state index contributed by atoms with van der Waals surface area (Å²) in [6.07, 6.45) is 7.11. The molecule has 0 amide bonds. The summed E-state index contributed by atoms with van der Waals surface area (Å²) in [5, 5.41) is 5.04. The number of anilines is 2. The Balaban J connectivity index is 1.03. The van der Waals surface area contributed by atoms with Crippen LogP contribution in [0.3, 0.4) is 0 Å². The van der Waals surface area contributed by atoms with Crippen LogP contribution < -0.4 is 4.90 Å². The number of aromatic nitrogens is 2. The molecule has 0 radical (unpaired) electrons. The van der Waals surface area contributed by atoms with Gasteiger partial charge in [-0.3, -0.25) is 0 Å². The lowest BCUT2D eigenvalue weighted by Gasteiger charge is -2.31. The fourth-order valence-electron chi connectivity index (χ4n) is 8.99. The molecule has 2 aromatic heterocycles. The second-order valence-corrected chi connectivity index (χ2v) is 14.1. The number of hydrogen-bond donors (Lipinski definition) is 1. The monoisotopic (exact) mass is 653 g/mol. The molecule has 1 aliphatic carbocycles. The zero-order chi connectivity index (χ0) is 33.5. The summed E-state index contributed by atoms with van der Waals surface area (Å²) >= 11 is 0. The maximum absolute atomic E-state index is 3.70. The number of rotatable bonds is 4. The molecule has 0 fully saturated rings. The van der Waals surface area contributed by atoms with Crippen LogP contribution in [0.15, 0.2) is 170 Å². The normalized spacial score (nSPS) is 16.7. The molecule has 3 heterocycles. The Hall–Kier alpha value is -6.32. The average Bonchev–Trinajstić information content (AvgIpc) is 3.85. The lowest BCUT2D eigenvalue weighted by molar-refractivity contribution is 0.565. The molecule has 1 N–H and O–H groups in total. The predicted octanol–water partition coefficient (Wildman–Crippen LogP) is 12.7. The maximum Gasteiger partial charge on any atom is 0.0547 e. The van der Waals surface area contributed by atoms with Crippen LogP contribution in [0.2, 0.25) is 0 Å². The SMILES string of the molecule is C1=CC2c3ccc(-c4ccc5[nH]c6ccc(-c7ccc8c9ccccc9n(-c9ccccc9)c8c7)cc6c5c4)cc3N(c3ccccc3)C2CC1. The van der Waals surface area contributed by atoms with E-state index < -0.39 is 0 Å². The first-order chi connectivity index (χ1) is 25.3. The zero-order valence-corrected chi connectivity index (χ0v) is 28.1. The van der Waals surface area contributed by atoms with E-state index in [1.54, 1.807) is 0 Å². The molecule has 11 rings (SSSR count). The van der Waals surface area contributed by atoms with Gasteiger partial charge >= 0.3 is 0 Å². The van der Waals surface area contributed by atoms with Crippen molar-refractivity contribution in [1.82, 2.24) is 9.55 Å². The number of fused-ring (bicyclic) bond motifs is 9. The summed E-state index contributed by atoms with van der Waals surface area (Å²) in [6, 6.07) is 58.6. The standard InChI is InChI=1S/C48H35N3/c1-3-11-35(12-4-1)50-45-17-9-7-15-37(45)39-23-19-33(29-47(39)50)31-21-25-43-41(27-31)42-28-32(22-26-44(42)49-43)34-20-24-40-38-16-8-10-18-46(38)51(48(40)30-34)36-13-5-2-6-14-36/h1-9,11-17,19-30,38,46,49H,10,18H2. The first kappa shape index (κ1) is 28.5. The third-order valence-electron chi connectivity index (χ3n) is 11.4. The van der Waals surface area contributed by atoms with Crippen molar-refractivity contribution in [3.05, 3.63) is 175 Å². The van der Waals surface area contributed by atoms with E-state index in [0.717, 1.165) is 17.5 Å². The van der Waals surface area contributed by atoms with E-state index in [1.807, 2.05) is 0 Å². The predicted molar refractivity (Wildman–Crippen MR) is 214 cm³/mol. The van der Waals surface area contributed by atoms with E-state index in [-0.39, 0.29) is 0 Å². The van der Waals surface area contributed by atoms with Gasteiger partial charge in [0.2, 0.25) is 0 Å². The van der Waals surface area contributed by atoms with E-state index in [0.29, 0.717) is 12.0 Å². The highest BCUT2D eigenvalue weighted by atomic mass is 15.2. The topological polar surface area (TPSA) is 24.0 Å². The van der Waals surface area contributed by atoms with Crippen LogP contribution in [0.25, 0.3) is 71.6 Å². The smallest absolute Gasteiger partial charge is 0.0547 e. The van der Waals surface area contributed by atoms with Gasteiger partial charge in [-0.2, -0.15) is 0 Å². The van der Waals surface area contributed by atoms with Crippen LogP contribution in [0.1, 0.15) is 24.3 Å². The van der Waals surface area contributed by atoms with Crippen LogP contribution in [0.4, 0.5) is 11.4 Å². The van der Waals surface area contributed by atoms with Crippen LogP contribution in [0, 0.1) is 0 Å². The van der Waals surface area contributed by atoms with Crippen molar-refractivity contribution >= 4 is 55.0 Å². The summed E-state index contributed by atoms with van der Waals surface area (Å²) in [6.45, 7) is 0. The van der Waals surface area contributed by atoms with Gasteiger partial charge < -0.3 is 14.5 Å². The molecular weight excluding hydrogens is 619 g/mol. The minimum atomic E-state index is 0.436. The van der Waals surface area contributed by atoms with Gasteiger partial charge in [0.05, 0.1) is 11.0 Å². The van der Waals surface area contributed by atoms with Crippen molar-refractivity contribution in [2.24, 2.45) is 0 Å². The van der Waals surface area contributed by atoms with Gasteiger partial charge in [0, 0.05) is 61.6 Å². The van der Waals surface area contributed by atoms with Crippen molar-refractivity contribution in [1.29, 1.82) is 0 Å².